The molecule has 0 unspecified atom stereocenters. The van der Waals surface area contributed by atoms with E-state index in [9.17, 15) is 4.39 Å². The van der Waals surface area contributed by atoms with E-state index in [2.05, 4.69) is 10.2 Å². The summed E-state index contributed by atoms with van der Waals surface area (Å²) in [7, 11) is 0. The largest absolute Gasteiger partial charge is 0.382 e. The Bertz CT molecular complexity index is 398. The first-order valence-corrected chi connectivity index (χ1v) is 5.08. The van der Waals surface area contributed by atoms with Gasteiger partial charge in [0, 0.05) is 4.90 Å². The number of halogens is 1. The van der Waals surface area contributed by atoms with Crippen molar-refractivity contribution in [2.24, 2.45) is 0 Å². The lowest BCUT2D eigenvalue weighted by Gasteiger charge is -1.99. The number of nitrogen functional groups attached to an aromatic ring is 1. The van der Waals surface area contributed by atoms with Crippen LogP contribution in [0.4, 0.5) is 10.2 Å². The summed E-state index contributed by atoms with van der Waals surface area (Å²) < 4.78 is 12.6. The van der Waals surface area contributed by atoms with Crippen molar-refractivity contribution in [1.29, 1.82) is 0 Å². The van der Waals surface area contributed by atoms with Gasteiger partial charge >= 0.3 is 0 Å². The van der Waals surface area contributed by atoms with E-state index in [0.717, 1.165) is 9.92 Å². The molecule has 0 radical (unpaired) electrons. The van der Waals surface area contributed by atoms with E-state index in [1.807, 2.05) is 0 Å². The second kappa shape index (κ2) is 4.27. The van der Waals surface area contributed by atoms with Gasteiger partial charge in [0.1, 0.15) is 16.7 Å². The van der Waals surface area contributed by atoms with Gasteiger partial charge in [-0.05, 0) is 36.4 Å². The van der Waals surface area contributed by atoms with Crippen molar-refractivity contribution in [2.75, 3.05) is 5.73 Å². The molecule has 0 amide bonds. The molecule has 2 N–H and O–H groups in total. The highest BCUT2D eigenvalue weighted by Gasteiger charge is 1.99. The zero-order chi connectivity index (χ0) is 10.7. The Kier molecular flexibility index (Phi) is 2.82. The third-order valence-corrected chi connectivity index (χ3v) is 2.63. The molecule has 0 saturated carbocycles. The third-order valence-electron chi connectivity index (χ3n) is 1.70. The Morgan fingerprint density at radius 2 is 1.73 bits per heavy atom. The fraction of sp³-hybridized carbons (Fsp3) is 0. The predicted octanol–water partition coefficient (Wildman–Crippen LogP) is 2.35. The minimum absolute atomic E-state index is 0.247. The number of rotatable bonds is 2. The van der Waals surface area contributed by atoms with Crippen molar-refractivity contribution in [3.05, 3.63) is 42.2 Å². The Labute approximate surface area is 90.5 Å². The first-order valence-electron chi connectivity index (χ1n) is 4.27. The highest BCUT2D eigenvalue weighted by molar-refractivity contribution is 7.99. The molecule has 2 rings (SSSR count). The highest BCUT2D eigenvalue weighted by atomic mass is 32.2. The summed E-state index contributed by atoms with van der Waals surface area (Å²) in [4.78, 5) is 0.912. The monoisotopic (exact) mass is 221 g/mol. The lowest BCUT2D eigenvalue weighted by Crippen LogP contribution is -1.92. The third kappa shape index (κ3) is 2.66. The molecule has 1 aromatic heterocycles. The lowest BCUT2D eigenvalue weighted by molar-refractivity contribution is 0.626. The summed E-state index contributed by atoms with van der Waals surface area (Å²) in [5.41, 5.74) is 5.41. The van der Waals surface area contributed by atoms with Crippen LogP contribution in [-0.4, -0.2) is 10.2 Å². The van der Waals surface area contributed by atoms with Gasteiger partial charge in [-0.1, -0.05) is 11.8 Å². The standard InChI is InChI=1S/C10H8FN3S/c11-7-1-3-8(4-2-7)15-10-6-5-9(12)13-14-10/h1-6H,(H2,12,13). The molecule has 0 aliphatic carbocycles. The van der Waals surface area contributed by atoms with Gasteiger partial charge < -0.3 is 5.73 Å². The van der Waals surface area contributed by atoms with E-state index in [-0.39, 0.29) is 5.82 Å². The van der Waals surface area contributed by atoms with E-state index >= 15 is 0 Å². The number of hydrogen-bond donors (Lipinski definition) is 1. The molecule has 1 heterocycles. The van der Waals surface area contributed by atoms with Crippen LogP contribution in [0.25, 0.3) is 0 Å². The maximum Gasteiger partial charge on any atom is 0.146 e. The van der Waals surface area contributed by atoms with Gasteiger partial charge in [0.15, 0.2) is 0 Å². The van der Waals surface area contributed by atoms with Crippen molar-refractivity contribution >= 4 is 17.6 Å². The SMILES string of the molecule is Nc1ccc(Sc2ccc(F)cc2)nn1. The maximum absolute atomic E-state index is 12.6. The first kappa shape index (κ1) is 9.92. The minimum atomic E-state index is -0.247. The molecule has 0 fully saturated rings. The van der Waals surface area contributed by atoms with E-state index in [1.54, 1.807) is 24.3 Å². The number of aromatic nitrogens is 2. The van der Waals surface area contributed by atoms with Crippen molar-refractivity contribution in [3.8, 4) is 0 Å². The molecule has 0 bridgehead atoms. The maximum atomic E-state index is 12.6. The van der Waals surface area contributed by atoms with Gasteiger partial charge in [-0.25, -0.2) is 4.39 Å². The van der Waals surface area contributed by atoms with Gasteiger partial charge in [-0.15, -0.1) is 10.2 Å². The van der Waals surface area contributed by atoms with Gasteiger partial charge in [0.25, 0.3) is 0 Å². The molecule has 2 aromatic rings. The number of hydrogen-bond acceptors (Lipinski definition) is 4. The number of nitrogens with two attached hydrogens (primary N) is 1. The van der Waals surface area contributed by atoms with Gasteiger partial charge in [0.2, 0.25) is 0 Å². The minimum Gasteiger partial charge on any atom is -0.382 e. The second-order valence-corrected chi connectivity index (χ2v) is 3.95. The Morgan fingerprint density at radius 1 is 1.00 bits per heavy atom. The molecule has 0 aliphatic rings. The van der Waals surface area contributed by atoms with Crippen molar-refractivity contribution < 1.29 is 4.39 Å². The van der Waals surface area contributed by atoms with Crippen LogP contribution in [0.3, 0.4) is 0 Å². The van der Waals surface area contributed by atoms with E-state index in [4.69, 9.17) is 5.73 Å². The fourth-order valence-corrected chi connectivity index (χ4v) is 1.74. The Hall–Kier alpha value is -1.62. The zero-order valence-corrected chi connectivity index (χ0v) is 8.54. The molecular weight excluding hydrogens is 213 g/mol. The van der Waals surface area contributed by atoms with Gasteiger partial charge in [-0.3, -0.25) is 0 Å². The molecule has 76 valence electrons. The second-order valence-electron chi connectivity index (χ2n) is 2.85. The number of benzene rings is 1. The number of anilines is 1. The van der Waals surface area contributed by atoms with Crippen LogP contribution in [0.15, 0.2) is 46.3 Å². The molecule has 0 spiro atoms. The van der Waals surface area contributed by atoms with Crippen LogP contribution in [-0.2, 0) is 0 Å². The molecule has 0 atom stereocenters. The number of nitrogens with zero attached hydrogens (tertiary/aromatic N) is 2. The lowest BCUT2D eigenvalue weighted by atomic mass is 10.4. The average Bonchev–Trinajstić information content (AvgIpc) is 2.25. The quantitative estimate of drug-likeness (QED) is 0.845. The summed E-state index contributed by atoms with van der Waals surface area (Å²) in [6, 6.07) is 9.66. The molecular formula is C10H8FN3S. The molecule has 15 heavy (non-hydrogen) atoms. The van der Waals surface area contributed by atoms with E-state index in [1.165, 1.54) is 23.9 Å². The molecule has 0 aliphatic heterocycles. The van der Waals surface area contributed by atoms with Crippen molar-refractivity contribution in [1.82, 2.24) is 10.2 Å². The summed E-state index contributed by atoms with van der Waals surface area (Å²) in [5, 5.41) is 8.35. The average molecular weight is 221 g/mol. The van der Waals surface area contributed by atoms with E-state index in [0.29, 0.717) is 5.82 Å². The summed E-state index contributed by atoms with van der Waals surface area (Å²) in [6.07, 6.45) is 0. The Morgan fingerprint density at radius 3 is 2.33 bits per heavy atom. The fourth-order valence-electron chi connectivity index (χ4n) is 1.01. The van der Waals surface area contributed by atoms with E-state index < -0.39 is 0 Å². The topological polar surface area (TPSA) is 51.8 Å². The van der Waals surface area contributed by atoms with Gasteiger partial charge in [0.05, 0.1) is 0 Å². The van der Waals surface area contributed by atoms with Crippen molar-refractivity contribution in [2.45, 2.75) is 9.92 Å². The summed E-state index contributed by atoms with van der Waals surface area (Å²) >= 11 is 1.41. The van der Waals surface area contributed by atoms with Crippen LogP contribution in [0, 0.1) is 5.82 Å². The van der Waals surface area contributed by atoms with Crippen LogP contribution < -0.4 is 5.73 Å². The predicted molar refractivity (Wildman–Crippen MR) is 57.0 cm³/mol. The van der Waals surface area contributed by atoms with Crippen LogP contribution in [0.2, 0.25) is 0 Å². The van der Waals surface area contributed by atoms with Gasteiger partial charge in [-0.2, -0.15) is 0 Å². The zero-order valence-electron chi connectivity index (χ0n) is 7.72. The molecule has 3 nitrogen and oxygen atoms in total. The molecule has 0 saturated heterocycles. The van der Waals surface area contributed by atoms with Crippen LogP contribution >= 0.6 is 11.8 Å². The van der Waals surface area contributed by atoms with Crippen LogP contribution in [0.1, 0.15) is 0 Å². The summed E-state index contributed by atoms with van der Waals surface area (Å²) in [6.45, 7) is 0. The normalized spacial score (nSPS) is 10.2. The molecule has 5 heteroatoms. The summed E-state index contributed by atoms with van der Waals surface area (Å²) in [5.74, 6) is 0.140. The highest BCUT2D eigenvalue weighted by Crippen LogP contribution is 2.25. The van der Waals surface area contributed by atoms with Crippen LogP contribution in [0.5, 0.6) is 0 Å². The first-order chi connectivity index (χ1) is 7.24. The van der Waals surface area contributed by atoms with Crippen molar-refractivity contribution in [3.63, 3.8) is 0 Å². The smallest absolute Gasteiger partial charge is 0.146 e. The Balaban J connectivity index is 2.15. The molecule has 1 aromatic carbocycles.